The zero-order valence-corrected chi connectivity index (χ0v) is 12.9. The van der Waals surface area contributed by atoms with Gasteiger partial charge in [-0.05, 0) is 51.1 Å². The number of nitrogens with zero attached hydrogens (tertiary/aromatic N) is 2. The molecule has 1 aromatic carbocycles. The first-order valence-corrected chi connectivity index (χ1v) is 7.37. The minimum absolute atomic E-state index is 0.172. The highest BCUT2D eigenvalue weighted by atomic mass is 32.2. The third kappa shape index (κ3) is 4.53. The fourth-order valence-corrected chi connectivity index (χ4v) is 2.61. The number of anilines is 1. The standard InChI is InChI=1S/C15H16FN3OS/c1-9-8-10(2)18-15(17-9)21-11(3)14(20)19-13-6-4-12(16)5-7-13/h4-8,11H,1-3H3,(H,19,20). The number of hydrogen-bond acceptors (Lipinski definition) is 4. The van der Waals surface area contributed by atoms with E-state index in [2.05, 4.69) is 15.3 Å². The molecule has 6 heteroatoms. The first kappa shape index (κ1) is 15.4. The van der Waals surface area contributed by atoms with Crippen LogP contribution in [0.15, 0.2) is 35.5 Å². The SMILES string of the molecule is Cc1cc(C)nc(SC(C)C(=O)Nc2ccc(F)cc2)n1. The molecular formula is C15H16FN3OS. The molecular weight excluding hydrogens is 289 g/mol. The summed E-state index contributed by atoms with van der Waals surface area (Å²) < 4.78 is 12.8. The summed E-state index contributed by atoms with van der Waals surface area (Å²) in [5.41, 5.74) is 2.31. The molecule has 0 saturated heterocycles. The molecule has 0 aliphatic heterocycles. The van der Waals surface area contributed by atoms with Gasteiger partial charge in [-0.2, -0.15) is 0 Å². The van der Waals surface area contributed by atoms with E-state index in [9.17, 15) is 9.18 Å². The van der Waals surface area contributed by atoms with Gasteiger partial charge in [0.05, 0.1) is 5.25 Å². The summed E-state index contributed by atoms with van der Waals surface area (Å²) in [7, 11) is 0. The largest absolute Gasteiger partial charge is 0.325 e. The average Bonchev–Trinajstić information content (AvgIpc) is 2.40. The van der Waals surface area contributed by atoms with Crippen LogP contribution in [0, 0.1) is 19.7 Å². The second kappa shape index (κ2) is 6.67. The molecule has 0 aliphatic carbocycles. The molecule has 0 fully saturated rings. The number of rotatable bonds is 4. The van der Waals surface area contributed by atoms with Crippen LogP contribution in [0.2, 0.25) is 0 Å². The topological polar surface area (TPSA) is 54.9 Å². The third-order valence-electron chi connectivity index (χ3n) is 2.72. The van der Waals surface area contributed by atoms with E-state index in [0.29, 0.717) is 10.8 Å². The minimum atomic E-state index is -0.351. The van der Waals surface area contributed by atoms with E-state index in [1.165, 1.54) is 36.0 Å². The number of carbonyl (C=O) groups is 1. The van der Waals surface area contributed by atoms with Gasteiger partial charge < -0.3 is 5.32 Å². The Hall–Kier alpha value is -1.95. The summed E-state index contributed by atoms with van der Waals surface area (Å²) in [5, 5.41) is 2.96. The van der Waals surface area contributed by atoms with Crippen molar-refractivity contribution < 1.29 is 9.18 Å². The van der Waals surface area contributed by atoms with Crippen LogP contribution in [0.3, 0.4) is 0 Å². The van der Waals surface area contributed by atoms with Crippen molar-refractivity contribution in [1.82, 2.24) is 9.97 Å². The summed E-state index contributed by atoms with van der Waals surface area (Å²) in [6.07, 6.45) is 0. The normalized spacial score (nSPS) is 12.0. The Morgan fingerprint density at radius 3 is 2.33 bits per heavy atom. The number of halogens is 1. The van der Waals surface area contributed by atoms with Crippen LogP contribution in [-0.4, -0.2) is 21.1 Å². The van der Waals surface area contributed by atoms with Gasteiger partial charge >= 0.3 is 0 Å². The molecule has 1 unspecified atom stereocenters. The molecule has 0 spiro atoms. The van der Waals surface area contributed by atoms with Crippen LogP contribution in [0.5, 0.6) is 0 Å². The van der Waals surface area contributed by atoms with Crippen LogP contribution < -0.4 is 5.32 Å². The second-order valence-electron chi connectivity index (χ2n) is 4.69. The van der Waals surface area contributed by atoms with Gasteiger partial charge in [0.1, 0.15) is 5.82 Å². The lowest BCUT2D eigenvalue weighted by Gasteiger charge is -2.11. The zero-order valence-electron chi connectivity index (χ0n) is 12.1. The van der Waals surface area contributed by atoms with Crippen molar-refractivity contribution in [2.24, 2.45) is 0 Å². The van der Waals surface area contributed by atoms with E-state index in [0.717, 1.165) is 11.4 Å². The fourth-order valence-electron chi connectivity index (χ4n) is 1.74. The van der Waals surface area contributed by atoms with E-state index < -0.39 is 0 Å². The molecule has 0 bridgehead atoms. The van der Waals surface area contributed by atoms with E-state index in [4.69, 9.17) is 0 Å². The van der Waals surface area contributed by atoms with Crippen molar-refractivity contribution in [2.75, 3.05) is 5.32 Å². The highest BCUT2D eigenvalue weighted by Gasteiger charge is 2.16. The summed E-state index contributed by atoms with van der Waals surface area (Å²) >= 11 is 1.29. The number of aromatic nitrogens is 2. The van der Waals surface area contributed by atoms with Gasteiger partial charge in [0, 0.05) is 17.1 Å². The van der Waals surface area contributed by atoms with Crippen LogP contribution in [0.1, 0.15) is 18.3 Å². The molecule has 1 N–H and O–H groups in total. The third-order valence-corrected chi connectivity index (χ3v) is 3.69. The van der Waals surface area contributed by atoms with Gasteiger partial charge in [0.25, 0.3) is 0 Å². The predicted molar refractivity (Wildman–Crippen MR) is 81.9 cm³/mol. The Labute approximate surface area is 127 Å². The molecule has 1 amide bonds. The maximum atomic E-state index is 12.8. The highest BCUT2D eigenvalue weighted by molar-refractivity contribution is 8.00. The van der Waals surface area contributed by atoms with Crippen molar-refractivity contribution >= 4 is 23.4 Å². The second-order valence-corrected chi connectivity index (χ2v) is 6.00. The summed E-state index contributed by atoms with van der Waals surface area (Å²) in [6, 6.07) is 7.55. The Bertz CT molecular complexity index is 626. The maximum absolute atomic E-state index is 12.8. The van der Waals surface area contributed by atoms with Crippen molar-refractivity contribution in [3.05, 3.63) is 47.5 Å². The number of amides is 1. The Balaban J connectivity index is 2.00. The first-order chi connectivity index (χ1) is 9.94. The summed E-state index contributed by atoms with van der Waals surface area (Å²) in [6.45, 7) is 5.56. The fraction of sp³-hybridized carbons (Fsp3) is 0.267. The van der Waals surface area contributed by atoms with E-state index in [-0.39, 0.29) is 17.0 Å². The maximum Gasteiger partial charge on any atom is 0.237 e. The van der Waals surface area contributed by atoms with E-state index in [1.54, 1.807) is 6.92 Å². The number of carbonyl (C=O) groups excluding carboxylic acids is 1. The van der Waals surface area contributed by atoms with Crippen LogP contribution in [0.4, 0.5) is 10.1 Å². The molecule has 1 aromatic heterocycles. The van der Waals surface area contributed by atoms with Crippen molar-refractivity contribution in [3.63, 3.8) is 0 Å². The number of benzene rings is 1. The smallest absolute Gasteiger partial charge is 0.237 e. The zero-order chi connectivity index (χ0) is 15.4. The molecule has 0 radical (unpaired) electrons. The van der Waals surface area contributed by atoms with Crippen LogP contribution in [-0.2, 0) is 4.79 Å². The van der Waals surface area contributed by atoms with Gasteiger partial charge in [-0.1, -0.05) is 11.8 Å². The molecule has 2 aromatic rings. The molecule has 21 heavy (non-hydrogen) atoms. The van der Waals surface area contributed by atoms with E-state index >= 15 is 0 Å². The monoisotopic (exact) mass is 305 g/mol. The summed E-state index contributed by atoms with van der Waals surface area (Å²) in [4.78, 5) is 20.7. The Kier molecular flexibility index (Phi) is 4.90. The van der Waals surface area contributed by atoms with Crippen LogP contribution >= 0.6 is 11.8 Å². The number of hydrogen-bond donors (Lipinski definition) is 1. The number of aryl methyl sites for hydroxylation is 2. The molecule has 0 saturated carbocycles. The quantitative estimate of drug-likeness (QED) is 0.695. The number of nitrogens with one attached hydrogen (secondary N) is 1. The van der Waals surface area contributed by atoms with Gasteiger partial charge in [0.15, 0.2) is 5.16 Å². The minimum Gasteiger partial charge on any atom is -0.325 e. The molecule has 0 aliphatic rings. The average molecular weight is 305 g/mol. The molecule has 1 atom stereocenters. The lowest BCUT2D eigenvalue weighted by molar-refractivity contribution is -0.115. The molecule has 1 heterocycles. The highest BCUT2D eigenvalue weighted by Crippen LogP contribution is 2.21. The molecule has 110 valence electrons. The lowest BCUT2D eigenvalue weighted by Crippen LogP contribution is -2.22. The lowest BCUT2D eigenvalue weighted by atomic mass is 10.3. The molecule has 4 nitrogen and oxygen atoms in total. The van der Waals surface area contributed by atoms with Gasteiger partial charge in [0.2, 0.25) is 5.91 Å². The summed E-state index contributed by atoms with van der Waals surface area (Å²) in [5.74, 6) is -0.506. The van der Waals surface area contributed by atoms with Gasteiger partial charge in [-0.3, -0.25) is 4.79 Å². The van der Waals surface area contributed by atoms with Gasteiger partial charge in [-0.15, -0.1) is 0 Å². The van der Waals surface area contributed by atoms with Gasteiger partial charge in [-0.25, -0.2) is 14.4 Å². The van der Waals surface area contributed by atoms with E-state index in [1.807, 2.05) is 19.9 Å². The van der Waals surface area contributed by atoms with Crippen LogP contribution in [0.25, 0.3) is 0 Å². The van der Waals surface area contributed by atoms with Crippen molar-refractivity contribution in [3.8, 4) is 0 Å². The van der Waals surface area contributed by atoms with Crippen molar-refractivity contribution in [2.45, 2.75) is 31.2 Å². The number of thioether (sulfide) groups is 1. The van der Waals surface area contributed by atoms with Crippen molar-refractivity contribution in [1.29, 1.82) is 0 Å². The molecule has 2 rings (SSSR count). The Morgan fingerprint density at radius 1 is 1.19 bits per heavy atom. The first-order valence-electron chi connectivity index (χ1n) is 6.49. The Morgan fingerprint density at radius 2 is 1.76 bits per heavy atom. The predicted octanol–water partition coefficient (Wildman–Crippen LogP) is 3.35.